The number of para-hydroxylation sites is 5. The summed E-state index contributed by atoms with van der Waals surface area (Å²) in [7, 11) is 0. The first kappa shape index (κ1) is 36.2. The van der Waals surface area contributed by atoms with Gasteiger partial charge in [-0.3, -0.25) is 4.57 Å². The second-order valence-electron chi connectivity index (χ2n) is 16.1. The van der Waals surface area contributed by atoms with E-state index >= 15 is 0 Å². The molecule has 0 fully saturated rings. The Labute approximate surface area is 347 Å². The fourth-order valence-electron chi connectivity index (χ4n) is 9.01. The van der Waals surface area contributed by atoms with Crippen molar-refractivity contribution in [2.24, 2.45) is 0 Å². The molecule has 2 aromatic heterocycles. The van der Waals surface area contributed by atoms with Crippen LogP contribution in [0.25, 0.3) is 38.8 Å². The van der Waals surface area contributed by atoms with E-state index in [1.54, 1.807) is 0 Å². The zero-order valence-electron chi connectivity index (χ0n) is 34.0. The SMILES string of the molecule is CC(C)c1cccc(C(C)C)c1-c1ccnc(-n2c3ccccc3c3ccc(N(c4ccccc4)c4cccc(N5CN(c6ccccc6)c6ccccc65)c4)cc32)c1. The molecule has 7 aromatic carbocycles. The third-order valence-corrected chi connectivity index (χ3v) is 11.8. The van der Waals surface area contributed by atoms with Crippen LogP contribution in [0.5, 0.6) is 0 Å². The number of anilines is 7. The molecule has 0 unspecified atom stereocenters. The molecule has 0 saturated carbocycles. The van der Waals surface area contributed by atoms with E-state index in [1.807, 2.05) is 6.20 Å². The Balaban J connectivity index is 1.12. The van der Waals surface area contributed by atoms with Crippen LogP contribution in [0, 0.1) is 0 Å². The number of aromatic nitrogens is 2. The van der Waals surface area contributed by atoms with Crippen molar-refractivity contribution in [1.29, 1.82) is 0 Å². The minimum absolute atomic E-state index is 0.390. The molecule has 59 heavy (non-hydrogen) atoms. The lowest BCUT2D eigenvalue weighted by Crippen LogP contribution is -2.24. The van der Waals surface area contributed by atoms with Crippen LogP contribution in [-0.2, 0) is 0 Å². The van der Waals surface area contributed by atoms with Crippen LogP contribution in [0.15, 0.2) is 188 Å². The third kappa shape index (κ3) is 6.40. The first-order valence-electron chi connectivity index (χ1n) is 20.7. The second kappa shape index (κ2) is 15.0. The van der Waals surface area contributed by atoms with Gasteiger partial charge in [-0.15, -0.1) is 0 Å². The van der Waals surface area contributed by atoms with E-state index in [1.165, 1.54) is 50.1 Å². The highest BCUT2D eigenvalue weighted by molar-refractivity contribution is 6.10. The Morgan fingerprint density at radius 2 is 1.05 bits per heavy atom. The highest BCUT2D eigenvalue weighted by atomic mass is 15.4. The minimum atomic E-state index is 0.390. The Kier molecular flexibility index (Phi) is 9.22. The lowest BCUT2D eigenvalue weighted by molar-refractivity contribution is 0.838. The maximum Gasteiger partial charge on any atom is 0.138 e. The molecule has 0 spiro atoms. The molecule has 1 aliphatic rings. The van der Waals surface area contributed by atoms with Gasteiger partial charge in [-0.05, 0) is 119 Å². The molecule has 5 heteroatoms. The van der Waals surface area contributed by atoms with Crippen LogP contribution in [0.3, 0.4) is 0 Å². The van der Waals surface area contributed by atoms with Gasteiger partial charge in [0.15, 0.2) is 0 Å². The molecule has 0 radical (unpaired) electrons. The van der Waals surface area contributed by atoms with E-state index in [4.69, 9.17) is 4.98 Å². The fourth-order valence-corrected chi connectivity index (χ4v) is 9.01. The molecular formula is C54H47N5. The molecule has 1 aliphatic heterocycles. The fraction of sp³-hybridized carbons (Fsp3) is 0.130. The van der Waals surface area contributed by atoms with Gasteiger partial charge in [-0.2, -0.15) is 0 Å². The van der Waals surface area contributed by atoms with Crippen LogP contribution in [-0.4, -0.2) is 16.2 Å². The summed E-state index contributed by atoms with van der Waals surface area (Å²) in [5, 5.41) is 2.40. The van der Waals surface area contributed by atoms with Crippen molar-refractivity contribution < 1.29 is 0 Å². The summed E-state index contributed by atoms with van der Waals surface area (Å²) in [5.41, 5.74) is 15.4. The molecule has 288 valence electrons. The van der Waals surface area contributed by atoms with E-state index in [0.29, 0.717) is 11.8 Å². The number of hydrogen-bond acceptors (Lipinski definition) is 4. The molecule has 0 N–H and O–H groups in total. The number of benzene rings is 7. The van der Waals surface area contributed by atoms with Crippen molar-refractivity contribution in [3.8, 4) is 16.9 Å². The van der Waals surface area contributed by atoms with Crippen molar-refractivity contribution in [1.82, 2.24) is 9.55 Å². The van der Waals surface area contributed by atoms with Crippen LogP contribution in [0.4, 0.5) is 39.8 Å². The normalized spacial score (nSPS) is 12.6. The van der Waals surface area contributed by atoms with Crippen molar-refractivity contribution in [3.63, 3.8) is 0 Å². The summed E-state index contributed by atoms with van der Waals surface area (Å²) in [6.45, 7) is 9.87. The Bertz CT molecular complexity index is 2920. The van der Waals surface area contributed by atoms with Crippen molar-refractivity contribution in [2.45, 2.75) is 39.5 Å². The van der Waals surface area contributed by atoms with E-state index < -0.39 is 0 Å². The number of pyridine rings is 1. The standard InChI is InChI=1S/C54H47N5/c1-37(2)45-24-16-25-46(38(3)4)54(45)39-31-32-55-53(33-39)59-49-26-12-11-23-47(49)48-30-29-44(35-52(48)59)58(41-19-9-6-10-20-41)43-22-15-21-42(34-43)57-36-56(40-17-7-5-8-18-40)50-27-13-14-28-51(50)57/h5-35,37-38H,36H2,1-4H3. The van der Waals surface area contributed by atoms with Gasteiger partial charge in [-0.1, -0.05) is 125 Å². The van der Waals surface area contributed by atoms with Crippen LogP contribution in [0.2, 0.25) is 0 Å². The summed E-state index contributed by atoms with van der Waals surface area (Å²) in [4.78, 5) is 12.3. The highest BCUT2D eigenvalue weighted by Crippen LogP contribution is 2.46. The number of nitrogens with zero attached hydrogens (tertiary/aromatic N) is 5. The molecule has 9 aromatic rings. The number of hydrogen-bond donors (Lipinski definition) is 0. The molecule has 5 nitrogen and oxygen atoms in total. The quantitative estimate of drug-likeness (QED) is 0.146. The third-order valence-electron chi connectivity index (χ3n) is 11.8. The molecule has 3 heterocycles. The Morgan fingerprint density at radius 3 is 1.78 bits per heavy atom. The molecule has 0 aliphatic carbocycles. The summed E-state index contributed by atoms with van der Waals surface area (Å²) < 4.78 is 2.35. The maximum atomic E-state index is 5.09. The first-order valence-corrected chi connectivity index (χ1v) is 20.7. The summed E-state index contributed by atoms with van der Waals surface area (Å²) >= 11 is 0. The lowest BCUT2D eigenvalue weighted by Gasteiger charge is -2.28. The largest absolute Gasteiger partial charge is 0.321 e. The van der Waals surface area contributed by atoms with Crippen LogP contribution in [0.1, 0.15) is 50.7 Å². The predicted octanol–water partition coefficient (Wildman–Crippen LogP) is 14.8. The average molecular weight is 766 g/mol. The van der Waals surface area contributed by atoms with E-state index in [-0.39, 0.29) is 0 Å². The van der Waals surface area contributed by atoms with Gasteiger partial charge in [-0.25, -0.2) is 4.98 Å². The molecular weight excluding hydrogens is 719 g/mol. The van der Waals surface area contributed by atoms with Crippen LogP contribution >= 0.6 is 0 Å². The Morgan fingerprint density at radius 1 is 0.475 bits per heavy atom. The zero-order chi connectivity index (χ0) is 40.0. The minimum Gasteiger partial charge on any atom is -0.321 e. The predicted molar refractivity (Wildman–Crippen MR) is 249 cm³/mol. The molecule has 10 rings (SSSR count). The van der Waals surface area contributed by atoms with Gasteiger partial charge >= 0.3 is 0 Å². The smallest absolute Gasteiger partial charge is 0.138 e. The van der Waals surface area contributed by atoms with Gasteiger partial charge in [0.25, 0.3) is 0 Å². The van der Waals surface area contributed by atoms with Crippen molar-refractivity contribution in [2.75, 3.05) is 21.4 Å². The van der Waals surface area contributed by atoms with Gasteiger partial charge in [0.1, 0.15) is 12.5 Å². The van der Waals surface area contributed by atoms with Gasteiger partial charge in [0.05, 0.1) is 22.4 Å². The molecule has 0 amide bonds. The lowest BCUT2D eigenvalue weighted by atomic mass is 9.85. The summed E-state index contributed by atoms with van der Waals surface area (Å²) in [6, 6.07) is 65.8. The second-order valence-corrected chi connectivity index (χ2v) is 16.1. The number of fused-ring (bicyclic) bond motifs is 4. The van der Waals surface area contributed by atoms with Gasteiger partial charge in [0.2, 0.25) is 0 Å². The molecule has 0 atom stereocenters. The summed E-state index contributed by atoms with van der Waals surface area (Å²) in [6.07, 6.45) is 1.98. The zero-order valence-corrected chi connectivity index (χ0v) is 34.0. The molecule has 0 saturated heterocycles. The number of rotatable bonds is 9. The van der Waals surface area contributed by atoms with E-state index in [2.05, 4.69) is 229 Å². The highest BCUT2D eigenvalue weighted by Gasteiger charge is 2.28. The first-order chi connectivity index (χ1) is 28.9. The monoisotopic (exact) mass is 765 g/mol. The van der Waals surface area contributed by atoms with E-state index in [9.17, 15) is 0 Å². The average Bonchev–Trinajstić information content (AvgIpc) is 3.83. The van der Waals surface area contributed by atoms with Crippen molar-refractivity contribution >= 4 is 61.6 Å². The van der Waals surface area contributed by atoms with Gasteiger partial charge < -0.3 is 14.7 Å². The van der Waals surface area contributed by atoms with Gasteiger partial charge in [0, 0.05) is 45.4 Å². The molecule has 0 bridgehead atoms. The van der Waals surface area contributed by atoms with Crippen LogP contribution < -0.4 is 14.7 Å². The van der Waals surface area contributed by atoms with E-state index in [0.717, 1.165) is 46.3 Å². The summed E-state index contributed by atoms with van der Waals surface area (Å²) in [5.74, 6) is 1.69. The Hall–Kier alpha value is -7.11. The topological polar surface area (TPSA) is 27.5 Å². The maximum absolute atomic E-state index is 5.09. The van der Waals surface area contributed by atoms with Crippen molar-refractivity contribution in [3.05, 3.63) is 199 Å².